The van der Waals surface area contributed by atoms with Crippen molar-refractivity contribution in [2.24, 2.45) is 5.92 Å². The molecular formula is C13H24N2O4. The molecule has 3 N–H and O–H groups in total. The van der Waals surface area contributed by atoms with Crippen molar-refractivity contribution in [1.82, 2.24) is 10.6 Å². The Morgan fingerprint density at radius 3 is 2.58 bits per heavy atom. The van der Waals surface area contributed by atoms with Crippen molar-refractivity contribution in [3.8, 4) is 0 Å². The van der Waals surface area contributed by atoms with Gasteiger partial charge in [-0.05, 0) is 18.8 Å². The van der Waals surface area contributed by atoms with Gasteiger partial charge in [-0.2, -0.15) is 0 Å². The number of nitrogens with one attached hydrogen (secondary N) is 2. The molecule has 0 saturated heterocycles. The average molecular weight is 272 g/mol. The molecule has 0 radical (unpaired) electrons. The van der Waals surface area contributed by atoms with Crippen LogP contribution in [0.1, 0.15) is 26.7 Å². The first kappa shape index (κ1) is 17.4. The standard InChI is InChI=1S/C13H24N2O4/c1-4-5-11(12(16)17)15-13(18)14-7-9-19-8-6-10(2)3/h4,10-11H,1,5-9H2,2-3H3,(H,16,17)(H2,14,15,18). The molecule has 0 aliphatic rings. The van der Waals surface area contributed by atoms with Crippen LogP contribution in [0.2, 0.25) is 0 Å². The third kappa shape index (κ3) is 10.1. The molecule has 19 heavy (non-hydrogen) atoms. The Hall–Kier alpha value is -1.56. The first-order chi connectivity index (χ1) is 8.97. The first-order valence-electron chi connectivity index (χ1n) is 6.43. The van der Waals surface area contributed by atoms with Crippen LogP contribution in [0.4, 0.5) is 4.79 Å². The topological polar surface area (TPSA) is 87.7 Å². The van der Waals surface area contributed by atoms with Gasteiger partial charge in [0, 0.05) is 13.2 Å². The zero-order valence-corrected chi connectivity index (χ0v) is 11.6. The largest absolute Gasteiger partial charge is 0.480 e. The predicted molar refractivity (Wildman–Crippen MR) is 73.0 cm³/mol. The van der Waals surface area contributed by atoms with E-state index < -0.39 is 18.0 Å². The van der Waals surface area contributed by atoms with Crippen LogP contribution in [-0.2, 0) is 9.53 Å². The molecule has 1 unspecified atom stereocenters. The molecule has 0 spiro atoms. The lowest BCUT2D eigenvalue weighted by molar-refractivity contribution is -0.139. The minimum atomic E-state index is -1.08. The van der Waals surface area contributed by atoms with Crippen molar-refractivity contribution in [3.05, 3.63) is 12.7 Å². The molecule has 6 heteroatoms. The van der Waals surface area contributed by atoms with Crippen molar-refractivity contribution in [1.29, 1.82) is 0 Å². The molecule has 0 aromatic carbocycles. The number of rotatable bonds is 10. The fourth-order valence-electron chi connectivity index (χ4n) is 1.26. The SMILES string of the molecule is C=CCC(NC(=O)NCCOCCC(C)C)C(=O)O. The molecule has 1 atom stereocenters. The van der Waals surface area contributed by atoms with E-state index in [1.165, 1.54) is 6.08 Å². The number of ether oxygens (including phenoxy) is 1. The lowest BCUT2D eigenvalue weighted by atomic mass is 10.1. The summed E-state index contributed by atoms with van der Waals surface area (Å²) in [6.07, 6.45) is 2.62. The fraction of sp³-hybridized carbons (Fsp3) is 0.692. The summed E-state index contributed by atoms with van der Waals surface area (Å²) in [7, 11) is 0. The molecule has 0 saturated carbocycles. The van der Waals surface area contributed by atoms with Crippen LogP contribution in [0.15, 0.2) is 12.7 Å². The highest BCUT2D eigenvalue weighted by Crippen LogP contribution is 1.98. The Balaban J connectivity index is 3.68. The van der Waals surface area contributed by atoms with Crippen LogP contribution in [-0.4, -0.2) is 42.9 Å². The van der Waals surface area contributed by atoms with Crippen LogP contribution in [0, 0.1) is 5.92 Å². The molecule has 110 valence electrons. The van der Waals surface area contributed by atoms with E-state index in [4.69, 9.17) is 9.84 Å². The van der Waals surface area contributed by atoms with E-state index in [1.807, 2.05) is 0 Å². The molecule has 0 aromatic rings. The summed E-state index contributed by atoms with van der Waals surface area (Å²) in [4.78, 5) is 22.2. The Morgan fingerprint density at radius 1 is 1.37 bits per heavy atom. The van der Waals surface area contributed by atoms with Gasteiger partial charge >= 0.3 is 12.0 Å². The number of hydrogen-bond acceptors (Lipinski definition) is 3. The summed E-state index contributed by atoms with van der Waals surface area (Å²) in [5.41, 5.74) is 0. The molecule has 0 fully saturated rings. The monoisotopic (exact) mass is 272 g/mol. The van der Waals surface area contributed by atoms with Crippen LogP contribution >= 0.6 is 0 Å². The van der Waals surface area contributed by atoms with Crippen LogP contribution in [0.25, 0.3) is 0 Å². The van der Waals surface area contributed by atoms with E-state index in [0.717, 1.165) is 6.42 Å². The molecule has 0 bridgehead atoms. The third-order valence-electron chi connectivity index (χ3n) is 2.38. The van der Waals surface area contributed by atoms with E-state index in [-0.39, 0.29) is 6.42 Å². The molecule has 0 heterocycles. The van der Waals surface area contributed by atoms with Crippen molar-refractivity contribution in [2.45, 2.75) is 32.7 Å². The van der Waals surface area contributed by atoms with E-state index in [0.29, 0.717) is 25.7 Å². The van der Waals surface area contributed by atoms with E-state index in [2.05, 4.69) is 31.1 Å². The van der Waals surface area contributed by atoms with E-state index >= 15 is 0 Å². The first-order valence-corrected chi connectivity index (χ1v) is 6.43. The Labute approximate surface area is 114 Å². The Bertz CT molecular complexity index is 292. The van der Waals surface area contributed by atoms with Gasteiger partial charge in [-0.1, -0.05) is 19.9 Å². The van der Waals surface area contributed by atoms with Crippen molar-refractivity contribution >= 4 is 12.0 Å². The lowest BCUT2D eigenvalue weighted by Crippen LogP contribution is -2.46. The summed E-state index contributed by atoms with van der Waals surface area (Å²) < 4.78 is 5.32. The van der Waals surface area contributed by atoms with E-state index in [1.54, 1.807) is 0 Å². The Kier molecular flexibility index (Phi) is 9.52. The normalized spacial score (nSPS) is 11.9. The highest BCUT2D eigenvalue weighted by molar-refractivity contribution is 5.82. The molecule has 6 nitrogen and oxygen atoms in total. The second-order valence-corrected chi connectivity index (χ2v) is 4.61. The summed E-state index contributed by atoms with van der Waals surface area (Å²) >= 11 is 0. The molecular weight excluding hydrogens is 248 g/mol. The van der Waals surface area contributed by atoms with Crippen LogP contribution < -0.4 is 10.6 Å². The summed E-state index contributed by atoms with van der Waals surface area (Å²) in [6, 6.07) is -1.46. The van der Waals surface area contributed by atoms with Gasteiger partial charge in [-0.15, -0.1) is 6.58 Å². The van der Waals surface area contributed by atoms with Crippen molar-refractivity contribution in [2.75, 3.05) is 19.8 Å². The molecule has 0 aliphatic carbocycles. The van der Waals surface area contributed by atoms with Gasteiger partial charge in [-0.3, -0.25) is 0 Å². The highest BCUT2D eigenvalue weighted by Gasteiger charge is 2.17. The minimum Gasteiger partial charge on any atom is -0.480 e. The van der Waals surface area contributed by atoms with Gasteiger partial charge in [0.2, 0.25) is 0 Å². The maximum absolute atomic E-state index is 11.4. The van der Waals surface area contributed by atoms with Crippen molar-refractivity contribution in [3.63, 3.8) is 0 Å². The summed E-state index contributed by atoms with van der Waals surface area (Å²) in [5, 5.41) is 13.7. The molecule has 0 aliphatic heterocycles. The van der Waals surface area contributed by atoms with Gasteiger partial charge in [0.05, 0.1) is 6.61 Å². The second kappa shape index (κ2) is 10.4. The van der Waals surface area contributed by atoms with Gasteiger partial charge in [0.1, 0.15) is 6.04 Å². The zero-order chi connectivity index (χ0) is 14.7. The fourth-order valence-corrected chi connectivity index (χ4v) is 1.26. The molecule has 0 aromatic heterocycles. The quantitative estimate of drug-likeness (QED) is 0.414. The van der Waals surface area contributed by atoms with Gasteiger partial charge in [0.15, 0.2) is 0 Å². The van der Waals surface area contributed by atoms with Gasteiger partial charge < -0.3 is 20.5 Å². The number of carboxylic acids is 1. The molecule has 0 rings (SSSR count). The molecule has 2 amide bonds. The highest BCUT2D eigenvalue weighted by atomic mass is 16.5. The van der Waals surface area contributed by atoms with Crippen molar-refractivity contribution < 1.29 is 19.4 Å². The van der Waals surface area contributed by atoms with E-state index in [9.17, 15) is 9.59 Å². The maximum Gasteiger partial charge on any atom is 0.326 e. The van der Waals surface area contributed by atoms with Crippen LogP contribution in [0.3, 0.4) is 0 Å². The summed E-state index contributed by atoms with van der Waals surface area (Å²) in [5.74, 6) is -0.491. The maximum atomic E-state index is 11.4. The number of carbonyl (C=O) groups excluding carboxylic acids is 1. The number of carboxylic acid groups (broad SMARTS) is 1. The van der Waals surface area contributed by atoms with Crippen LogP contribution in [0.5, 0.6) is 0 Å². The number of carbonyl (C=O) groups is 2. The van der Waals surface area contributed by atoms with Gasteiger partial charge in [0.25, 0.3) is 0 Å². The number of aliphatic carboxylic acids is 1. The zero-order valence-electron chi connectivity index (χ0n) is 11.6. The number of hydrogen-bond donors (Lipinski definition) is 3. The predicted octanol–water partition coefficient (Wildman–Crippen LogP) is 1.38. The number of urea groups is 1. The Morgan fingerprint density at radius 2 is 2.05 bits per heavy atom. The lowest BCUT2D eigenvalue weighted by Gasteiger charge is -2.13. The second-order valence-electron chi connectivity index (χ2n) is 4.61. The average Bonchev–Trinajstić information content (AvgIpc) is 2.32. The third-order valence-corrected chi connectivity index (χ3v) is 2.38. The van der Waals surface area contributed by atoms with Gasteiger partial charge in [-0.25, -0.2) is 9.59 Å². The minimum absolute atomic E-state index is 0.188. The number of amides is 2. The summed E-state index contributed by atoms with van der Waals surface area (Å²) in [6.45, 7) is 9.10. The smallest absolute Gasteiger partial charge is 0.326 e.